The summed E-state index contributed by atoms with van der Waals surface area (Å²) in [6.07, 6.45) is 11.7. The molecule has 2 fully saturated rings. The Morgan fingerprint density at radius 2 is 1.73 bits per heavy atom. The molecule has 1 amide bonds. The average Bonchev–Trinajstić information content (AvgIpc) is 3.40. The monoisotopic (exact) mass is 536 g/mol. The minimum Gasteiger partial charge on any atom is -0.455 e. The summed E-state index contributed by atoms with van der Waals surface area (Å²) in [7, 11) is 0. The van der Waals surface area contributed by atoms with Crippen LogP contribution in [0.2, 0.25) is 0 Å². The molecule has 0 bridgehead atoms. The Hall–Kier alpha value is -3.57. The lowest BCUT2D eigenvalue weighted by Crippen LogP contribution is -2.44. The molecule has 1 saturated heterocycles. The molecule has 1 aromatic heterocycles. The van der Waals surface area contributed by atoms with Crippen LogP contribution < -0.4 is 0 Å². The van der Waals surface area contributed by atoms with Crippen LogP contribution in [0.15, 0.2) is 76.9 Å². The van der Waals surface area contributed by atoms with Gasteiger partial charge in [-0.15, -0.1) is 4.58 Å². The topological polar surface area (TPSA) is 59.5 Å². The number of aryl methyl sites for hydroxylation is 1. The highest BCUT2D eigenvalue weighted by atomic mass is 16.5. The minimum absolute atomic E-state index is 0.0399. The van der Waals surface area contributed by atoms with Gasteiger partial charge in [0.15, 0.2) is 5.78 Å². The molecule has 2 atom stereocenters. The average molecular weight is 537 g/mol. The minimum atomic E-state index is -0.315. The van der Waals surface area contributed by atoms with Gasteiger partial charge in [-0.3, -0.25) is 4.79 Å². The first-order chi connectivity index (χ1) is 19.4. The van der Waals surface area contributed by atoms with Crippen LogP contribution in [0.4, 0.5) is 5.69 Å². The summed E-state index contributed by atoms with van der Waals surface area (Å²) in [5, 5.41) is 0. The highest BCUT2D eigenvalue weighted by Crippen LogP contribution is 2.44. The first-order valence-electron chi connectivity index (χ1n) is 14.6. The molecule has 2 unspecified atom stereocenters. The zero-order valence-corrected chi connectivity index (χ0v) is 23.4. The summed E-state index contributed by atoms with van der Waals surface area (Å²) in [6.45, 7) is 7.83. The van der Waals surface area contributed by atoms with Crippen molar-refractivity contribution in [1.82, 2.24) is 0 Å². The first-order valence-corrected chi connectivity index (χ1v) is 14.6. The van der Waals surface area contributed by atoms with Crippen LogP contribution in [0.1, 0.15) is 101 Å². The molecule has 2 aromatic carbocycles. The largest absolute Gasteiger partial charge is 0.460 e. The Bertz CT molecular complexity index is 1460. The number of rotatable bonds is 6. The van der Waals surface area contributed by atoms with E-state index in [0.717, 1.165) is 75.7 Å². The number of benzene rings is 2. The van der Waals surface area contributed by atoms with Gasteiger partial charge in [-0.05, 0) is 92.5 Å². The maximum absolute atomic E-state index is 13.7. The molecule has 3 aromatic rings. The fourth-order valence-electron chi connectivity index (χ4n) is 6.99. The van der Waals surface area contributed by atoms with Gasteiger partial charge in [-0.25, -0.2) is 4.79 Å². The Kier molecular flexibility index (Phi) is 7.41. The molecule has 40 heavy (non-hydrogen) atoms. The van der Waals surface area contributed by atoms with Crippen LogP contribution >= 0.6 is 0 Å². The zero-order valence-electron chi connectivity index (χ0n) is 23.4. The van der Waals surface area contributed by atoms with E-state index in [0.29, 0.717) is 17.2 Å². The van der Waals surface area contributed by atoms with Gasteiger partial charge in [-0.2, -0.15) is 0 Å². The smallest absolute Gasteiger partial charge is 0.455 e. The number of hydrogen-bond donors (Lipinski definition) is 0. The summed E-state index contributed by atoms with van der Waals surface area (Å²) in [5.74, 6) is 0.783. The quantitative estimate of drug-likeness (QED) is 0.139. The maximum Gasteiger partial charge on any atom is 0.460 e. The number of Topliss-reactive ketones (excluding diaryl/α,β-unsaturated/α-hetero) is 1. The third-order valence-electron chi connectivity index (χ3n) is 9.34. The summed E-state index contributed by atoms with van der Waals surface area (Å²) in [5.41, 5.74) is 6.17. The number of nitrogens with zero attached hydrogens (tertiary/aromatic N) is 1. The van der Waals surface area contributed by atoms with E-state index in [4.69, 9.17) is 9.15 Å². The second kappa shape index (κ2) is 11.1. The van der Waals surface area contributed by atoms with Gasteiger partial charge in [0.05, 0.1) is 19.5 Å². The molecule has 2 heterocycles. The van der Waals surface area contributed by atoms with E-state index in [9.17, 15) is 9.59 Å². The molecule has 1 aliphatic heterocycles. The normalized spacial score (nSPS) is 22.2. The van der Waals surface area contributed by atoms with Crippen LogP contribution in [-0.4, -0.2) is 36.2 Å². The summed E-state index contributed by atoms with van der Waals surface area (Å²) in [6, 6.07) is 18.0. The first kappa shape index (κ1) is 26.6. The number of carbonyl (C=O) groups is 2. The lowest BCUT2D eigenvalue weighted by atomic mass is 9.71. The third-order valence-corrected chi connectivity index (χ3v) is 9.34. The van der Waals surface area contributed by atoms with Gasteiger partial charge in [0, 0.05) is 22.6 Å². The fourth-order valence-corrected chi connectivity index (χ4v) is 6.99. The van der Waals surface area contributed by atoms with Crippen LogP contribution in [-0.2, 0) is 4.74 Å². The molecular formula is C35H38NO4+. The van der Waals surface area contributed by atoms with Crippen molar-refractivity contribution in [3.8, 4) is 0 Å². The number of carbonyl (C=O) groups excluding carboxylic acids is 2. The standard InChI is InChI=1S/C35H38NO4/c1-24-8-3-4-12-29(24)25-9-5-10-26(15-14-25)30-17-16-27(20-31(30)36(2)34(38)32-13-7-19-40-32)33(37)28-11-6-18-35(21-28)22-39-23-35/h3-4,7-8,11-13,16-17,19-20,25-26H,2,5-6,9-10,14-15,18,21-23H2,1H3/q+1. The van der Waals surface area contributed by atoms with E-state index in [2.05, 4.69) is 50.0 Å². The number of furan rings is 1. The van der Waals surface area contributed by atoms with Crippen molar-refractivity contribution in [3.05, 3.63) is 101 Å². The van der Waals surface area contributed by atoms with Crippen LogP contribution in [0.25, 0.3) is 0 Å². The molecule has 1 saturated carbocycles. The van der Waals surface area contributed by atoms with Crippen LogP contribution in [0, 0.1) is 12.3 Å². The van der Waals surface area contributed by atoms with Crippen molar-refractivity contribution in [2.75, 3.05) is 13.2 Å². The lowest BCUT2D eigenvalue weighted by Gasteiger charge is -2.44. The molecule has 3 aliphatic rings. The van der Waals surface area contributed by atoms with E-state index < -0.39 is 0 Å². The predicted octanol–water partition coefficient (Wildman–Crippen LogP) is 7.91. The predicted molar refractivity (Wildman–Crippen MR) is 156 cm³/mol. The van der Waals surface area contributed by atoms with Gasteiger partial charge in [0.25, 0.3) is 0 Å². The highest BCUT2D eigenvalue weighted by Gasteiger charge is 2.41. The molecule has 2 aliphatic carbocycles. The second-order valence-electron chi connectivity index (χ2n) is 12.0. The summed E-state index contributed by atoms with van der Waals surface area (Å²) in [4.78, 5) is 27.1. The van der Waals surface area contributed by atoms with Gasteiger partial charge < -0.3 is 9.15 Å². The third kappa shape index (κ3) is 5.15. The zero-order chi connectivity index (χ0) is 27.7. The van der Waals surface area contributed by atoms with Crippen molar-refractivity contribution in [2.24, 2.45) is 5.41 Å². The number of ketones is 1. The molecule has 0 radical (unpaired) electrons. The summed E-state index contributed by atoms with van der Waals surface area (Å²) < 4.78 is 12.3. The van der Waals surface area contributed by atoms with Crippen molar-refractivity contribution in [2.45, 2.75) is 70.1 Å². The highest BCUT2D eigenvalue weighted by molar-refractivity contribution is 6.09. The molecule has 6 rings (SSSR count). The fraction of sp³-hybridized carbons (Fsp3) is 0.400. The van der Waals surface area contributed by atoms with E-state index >= 15 is 0 Å². The SMILES string of the molecule is C=[N+](C(=O)c1ccco1)c1cc(C(=O)C2=CCCC3(COC3)C2)ccc1C1CCCC(c2ccccc2C)CC1. The number of ether oxygens (including phenoxy) is 1. The van der Waals surface area contributed by atoms with Crippen LogP contribution in [0.3, 0.4) is 0 Å². The molecule has 5 nitrogen and oxygen atoms in total. The van der Waals surface area contributed by atoms with Crippen molar-refractivity contribution >= 4 is 24.1 Å². The Balaban J connectivity index is 1.31. The van der Waals surface area contributed by atoms with Crippen molar-refractivity contribution < 1.29 is 23.3 Å². The van der Waals surface area contributed by atoms with Crippen molar-refractivity contribution in [3.63, 3.8) is 0 Å². The maximum atomic E-state index is 13.7. The number of hydrogen-bond acceptors (Lipinski definition) is 4. The van der Waals surface area contributed by atoms with E-state index in [1.807, 2.05) is 12.1 Å². The van der Waals surface area contributed by atoms with Gasteiger partial charge in [-0.1, -0.05) is 48.9 Å². The second-order valence-corrected chi connectivity index (χ2v) is 12.0. The Morgan fingerprint density at radius 3 is 2.42 bits per heavy atom. The van der Waals surface area contributed by atoms with Gasteiger partial charge >= 0.3 is 5.91 Å². The molecule has 5 heteroatoms. The molecule has 0 N–H and O–H groups in total. The summed E-state index contributed by atoms with van der Waals surface area (Å²) >= 11 is 0. The van der Waals surface area contributed by atoms with Crippen molar-refractivity contribution in [1.29, 1.82) is 0 Å². The Labute approximate surface area is 236 Å². The number of amides is 1. The van der Waals surface area contributed by atoms with Gasteiger partial charge in [0.1, 0.15) is 6.72 Å². The van der Waals surface area contributed by atoms with E-state index in [-0.39, 0.29) is 28.8 Å². The molecule has 206 valence electrons. The molecular weight excluding hydrogens is 498 g/mol. The van der Waals surface area contributed by atoms with Gasteiger partial charge in [0.2, 0.25) is 11.4 Å². The lowest BCUT2D eigenvalue weighted by molar-refractivity contribution is -0.327. The number of allylic oxidation sites excluding steroid dienone is 2. The molecule has 1 spiro atoms. The van der Waals surface area contributed by atoms with Crippen LogP contribution in [0.5, 0.6) is 0 Å². The Morgan fingerprint density at radius 1 is 0.950 bits per heavy atom. The van der Waals surface area contributed by atoms with E-state index in [1.165, 1.54) is 22.0 Å². The van der Waals surface area contributed by atoms with E-state index in [1.54, 1.807) is 12.1 Å².